The van der Waals surface area contributed by atoms with Crippen LogP contribution in [0, 0.1) is 0 Å². The molecular formula is C61H90O5. The Balaban J connectivity index is 4.63. The van der Waals surface area contributed by atoms with Gasteiger partial charge in [0.2, 0.25) is 0 Å². The van der Waals surface area contributed by atoms with Crippen molar-refractivity contribution in [2.24, 2.45) is 0 Å². The third-order valence-corrected chi connectivity index (χ3v) is 9.44. The van der Waals surface area contributed by atoms with Gasteiger partial charge < -0.3 is 14.2 Å². The van der Waals surface area contributed by atoms with Crippen molar-refractivity contribution in [3.63, 3.8) is 0 Å². The van der Waals surface area contributed by atoms with Crippen LogP contribution >= 0.6 is 0 Å². The second-order valence-electron chi connectivity index (χ2n) is 15.6. The first-order chi connectivity index (χ1) is 32.6. The monoisotopic (exact) mass is 903 g/mol. The van der Waals surface area contributed by atoms with E-state index in [1.807, 2.05) is 0 Å². The van der Waals surface area contributed by atoms with Crippen LogP contribution in [0.1, 0.15) is 162 Å². The molecule has 0 bridgehead atoms. The molecule has 0 N–H and O–H groups in total. The molecule has 0 heterocycles. The van der Waals surface area contributed by atoms with Gasteiger partial charge in [0, 0.05) is 12.8 Å². The summed E-state index contributed by atoms with van der Waals surface area (Å²) in [7, 11) is 0. The van der Waals surface area contributed by atoms with Crippen molar-refractivity contribution in [1.29, 1.82) is 0 Å². The van der Waals surface area contributed by atoms with Crippen LogP contribution < -0.4 is 0 Å². The van der Waals surface area contributed by atoms with Crippen molar-refractivity contribution in [2.75, 3.05) is 19.8 Å². The van der Waals surface area contributed by atoms with Crippen LogP contribution in [0.15, 0.2) is 182 Å². The van der Waals surface area contributed by atoms with Crippen LogP contribution in [0.25, 0.3) is 0 Å². The minimum absolute atomic E-state index is 0.0112. The first-order valence-electron chi connectivity index (χ1n) is 25.3. The predicted octanol–water partition coefficient (Wildman–Crippen LogP) is 17.4. The Morgan fingerprint density at radius 3 is 0.924 bits per heavy atom. The summed E-state index contributed by atoms with van der Waals surface area (Å²) in [4.78, 5) is 25.4. The molecule has 0 aromatic heterocycles. The smallest absolute Gasteiger partial charge is 0.306 e. The Bertz CT molecular complexity index is 1580. The van der Waals surface area contributed by atoms with Crippen LogP contribution in [0.3, 0.4) is 0 Å². The zero-order valence-corrected chi connectivity index (χ0v) is 41.6. The van der Waals surface area contributed by atoms with Crippen LogP contribution in [-0.2, 0) is 23.8 Å². The maximum atomic E-state index is 12.8. The molecular weight excluding hydrogens is 813 g/mol. The van der Waals surface area contributed by atoms with E-state index in [1.165, 1.54) is 0 Å². The third kappa shape index (κ3) is 51.6. The lowest BCUT2D eigenvalue weighted by Crippen LogP contribution is -2.30. The van der Waals surface area contributed by atoms with E-state index in [9.17, 15) is 9.59 Å². The molecule has 0 saturated heterocycles. The van der Waals surface area contributed by atoms with Crippen molar-refractivity contribution >= 4 is 11.9 Å². The molecule has 1 atom stereocenters. The number of esters is 2. The van der Waals surface area contributed by atoms with Crippen molar-refractivity contribution in [3.8, 4) is 0 Å². The standard InChI is InChI=1S/C61H90O5/c1-4-7-10-13-16-19-22-25-28-31-33-36-39-42-45-48-51-54-60(62)65-58-59(57-64-56-53-50-47-44-41-38-35-30-27-24-21-18-15-12-9-6-3)66-61(63)55-52-49-46-43-40-37-34-32-29-26-23-20-17-14-11-8-5-2/h7-12,16-21,25-30,33-34,36-38,41-43,45-47,50,59H,4-6,13-15,22-24,31-32,35,39-40,44,48-49,51-58H2,1-3H3/b10-7-,11-8-,12-9-,19-16-,20-17-,21-18-,28-25-,29-26-,30-27-,36-33-,37-34-,41-38-,45-42-,46-43-,50-47-. The highest BCUT2D eigenvalue weighted by atomic mass is 16.6. The minimum Gasteiger partial charge on any atom is -0.462 e. The van der Waals surface area contributed by atoms with Crippen LogP contribution in [0.2, 0.25) is 0 Å². The molecule has 1 unspecified atom stereocenters. The summed E-state index contributed by atoms with van der Waals surface area (Å²) in [6, 6.07) is 0. The van der Waals surface area contributed by atoms with Gasteiger partial charge in [-0.2, -0.15) is 0 Å². The first kappa shape index (κ1) is 61.0. The summed E-state index contributed by atoms with van der Waals surface area (Å²) in [5.41, 5.74) is 0. The normalized spacial score (nSPS) is 13.8. The highest BCUT2D eigenvalue weighted by Crippen LogP contribution is 2.07. The Morgan fingerprint density at radius 2 is 0.606 bits per heavy atom. The molecule has 0 aliphatic heterocycles. The molecule has 0 saturated carbocycles. The van der Waals surface area contributed by atoms with Gasteiger partial charge in [-0.05, 0) is 128 Å². The fourth-order valence-corrected chi connectivity index (χ4v) is 5.82. The number of rotatable bonds is 43. The van der Waals surface area contributed by atoms with Crippen molar-refractivity contribution in [2.45, 2.75) is 168 Å². The fraction of sp³-hybridized carbons (Fsp3) is 0.475. The van der Waals surface area contributed by atoms with Gasteiger partial charge in [0.15, 0.2) is 6.10 Å². The molecule has 364 valence electrons. The molecule has 5 nitrogen and oxygen atoms in total. The Morgan fingerprint density at radius 1 is 0.333 bits per heavy atom. The zero-order valence-electron chi connectivity index (χ0n) is 41.6. The lowest BCUT2D eigenvalue weighted by molar-refractivity contribution is -0.162. The molecule has 0 aromatic rings. The lowest BCUT2D eigenvalue weighted by atomic mass is 10.2. The van der Waals surface area contributed by atoms with Gasteiger partial charge in [-0.15, -0.1) is 0 Å². The maximum absolute atomic E-state index is 12.8. The SMILES string of the molecule is CC/C=C\C/C=C\C/C=C\C/C=C\C/C=C\CCCC(=O)OCC(COCC/C=C\C/C=C\C/C=C\C/C=C\C/C=C\CC)OC(=O)CCC/C=C\C/C=C\C/C=C\C/C=C\C/C=C\CC. The molecule has 0 radical (unpaired) electrons. The molecule has 0 fully saturated rings. The van der Waals surface area contributed by atoms with E-state index in [0.29, 0.717) is 32.3 Å². The number of unbranched alkanes of at least 4 members (excludes halogenated alkanes) is 2. The molecule has 0 amide bonds. The van der Waals surface area contributed by atoms with E-state index in [0.717, 1.165) is 116 Å². The van der Waals surface area contributed by atoms with Gasteiger partial charge in [0.05, 0.1) is 13.2 Å². The number of carbonyl (C=O) groups is 2. The average Bonchev–Trinajstić information content (AvgIpc) is 3.32. The summed E-state index contributed by atoms with van der Waals surface area (Å²) >= 11 is 0. The number of hydrogen-bond donors (Lipinski definition) is 0. The van der Waals surface area contributed by atoms with E-state index in [2.05, 4.69) is 203 Å². The third-order valence-electron chi connectivity index (χ3n) is 9.44. The van der Waals surface area contributed by atoms with Gasteiger partial charge >= 0.3 is 11.9 Å². The largest absolute Gasteiger partial charge is 0.462 e. The summed E-state index contributed by atoms with van der Waals surface area (Å²) in [5.74, 6) is -0.594. The topological polar surface area (TPSA) is 61.8 Å². The molecule has 5 heteroatoms. The number of hydrogen-bond acceptors (Lipinski definition) is 5. The van der Waals surface area contributed by atoms with E-state index >= 15 is 0 Å². The second-order valence-corrected chi connectivity index (χ2v) is 15.6. The second kappa shape index (κ2) is 54.3. The highest BCUT2D eigenvalue weighted by Gasteiger charge is 2.17. The Kier molecular flexibility index (Phi) is 50.2. The number of ether oxygens (including phenoxy) is 3. The molecule has 66 heavy (non-hydrogen) atoms. The summed E-state index contributed by atoms with van der Waals surface area (Å²) in [6.45, 7) is 7.11. The van der Waals surface area contributed by atoms with Crippen molar-refractivity contribution in [3.05, 3.63) is 182 Å². The van der Waals surface area contributed by atoms with E-state index < -0.39 is 6.10 Å². The molecule has 0 aliphatic rings. The summed E-state index contributed by atoms with van der Waals surface area (Å²) in [5, 5.41) is 0. The number of carbonyl (C=O) groups excluding carboxylic acids is 2. The van der Waals surface area contributed by atoms with Crippen molar-refractivity contribution in [1.82, 2.24) is 0 Å². The highest BCUT2D eigenvalue weighted by molar-refractivity contribution is 5.70. The van der Waals surface area contributed by atoms with Gasteiger partial charge in [0.1, 0.15) is 6.61 Å². The van der Waals surface area contributed by atoms with Crippen molar-refractivity contribution < 1.29 is 23.8 Å². The summed E-state index contributed by atoms with van der Waals surface area (Å²) in [6.07, 6.45) is 83.6. The number of allylic oxidation sites excluding steroid dienone is 29. The van der Waals surface area contributed by atoms with E-state index in [4.69, 9.17) is 14.2 Å². The molecule has 0 spiro atoms. The maximum Gasteiger partial charge on any atom is 0.306 e. The summed E-state index contributed by atoms with van der Waals surface area (Å²) < 4.78 is 17.2. The average molecular weight is 903 g/mol. The molecule has 0 rings (SSSR count). The Hall–Kier alpha value is -5.00. The molecule has 0 aliphatic carbocycles. The lowest BCUT2D eigenvalue weighted by Gasteiger charge is -2.18. The van der Waals surface area contributed by atoms with Crippen LogP contribution in [0.4, 0.5) is 0 Å². The quantitative estimate of drug-likeness (QED) is 0.0347. The van der Waals surface area contributed by atoms with E-state index in [-0.39, 0.29) is 25.2 Å². The molecule has 0 aromatic carbocycles. The fourth-order valence-electron chi connectivity index (χ4n) is 5.82. The minimum atomic E-state index is -0.644. The first-order valence-corrected chi connectivity index (χ1v) is 25.3. The van der Waals surface area contributed by atoms with Gasteiger partial charge in [0.25, 0.3) is 0 Å². The van der Waals surface area contributed by atoms with Crippen LogP contribution in [0.5, 0.6) is 0 Å². The van der Waals surface area contributed by atoms with Crippen LogP contribution in [-0.4, -0.2) is 37.9 Å². The Labute approximate surface area is 404 Å². The predicted molar refractivity (Wildman–Crippen MR) is 287 cm³/mol. The van der Waals surface area contributed by atoms with Gasteiger partial charge in [-0.3, -0.25) is 9.59 Å². The van der Waals surface area contributed by atoms with Gasteiger partial charge in [-0.1, -0.05) is 203 Å². The zero-order chi connectivity index (χ0) is 47.7. The van der Waals surface area contributed by atoms with E-state index in [1.54, 1.807) is 0 Å². The van der Waals surface area contributed by atoms with Gasteiger partial charge in [-0.25, -0.2) is 0 Å².